The summed E-state index contributed by atoms with van der Waals surface area (Å²) < 4.78 is 25.0. The molecule has 108 valence electrons. The van der Waals surface area contributed by atoms with Crippen LogP contribution in [0.15, 0.2) is 0 Å². The number of ether oxygens (including phenoxy) is 4. The van der Waals surface area contributed by atoms with Crippen LogP contribution in [0.2, 0.25) is 0 Å². The highest BCUT2D eigenvalue weighted by atomic mass is 79.9. The van der Waals surface area contributed by atoms with E-state index in [-0.39, 0.29) is 8.65 Å². The van der Waals surface area contributed by atoms with E-state index in [9.17, 15) is 0 Å². The van der Waals surface area contributed by atoms with E-state index in [4.69, 9.17) is 18.9 Å². The summed E-state index contributed by atoms with van der Waals surface area (Å²) >= 11 is 8.19. The molecule has 8 atom stereocenters. The Morgan fingerprint density at radius 3 is 1.20 bits per heavy atom. The Labute approximate surface area is 133 Å². The molecule has 8 aliphatic rings. The standard InChI is InChI=1S/C14H14Br2O4/c15-11-5-6-8(11)10-9(13(11)17-1-2-18-13)7(5)12(6,16)14(10)19-3-4-20-14/h5-10H,1-4H2/t5-,6-,7-,8+,9+,10+,11-,12+/m1/s1. The van der Waals surface area contributed by atoms with Crippen LogP contribution in [0.1, 0.15) is 0 Å². The smallest absolute Gasteiger partial charge is 0.188 e. The molecule has 4 bridgehead atoms. The van der Waals surface area contributed by atoms with Crippen molar-refractivity contribution in [3.05, 3.63) is 0 Å². The molecule has 2 spiro atoms. The molecule has 8 fully saturated rings. The van der Waals surface area contributed by atoms with Crippen LogP contribution in [0, 0.1) is 35.5 Å². The lowest BCUT2D eigenvalue weighted by molar-refractivity contribution is -0.229. The number of hydrogen-bond acceptors (Lipinski definition) is 4. The quantitative estimate of drug-likeness (QED) is 0.572. The second kappa shape index (κ2) is 2.71. The van der Waals surface area contributed by atoms with Crippen LogP contribution in [0.3, 0.4) is 0 Å². The first kappa shape index (κ1) is 11.4. The molecule has 0 amide bonds. The fourth-order valence-electron chi connectivity index (χ4n) is 7.71. The first-order chi connectivity index (χ1) is 9.65. The molecule has 0 N–H and O–H groups in total. The molecule has 20 heavy (non-hydrogen) atoms. The second-order valence-electron chi connectivity index (χ2n) is 7.42. The van der Waals surface area contributed by atoms with E-state index in [1.165, 1.54) is 0 Å². The van der Waals surface area contributed by atoms with Gasteiger partial charge in [0.1, 0.15) is 0 Å². The highest BCUT2D eigenvalue weighted by Gasteiger charge is 3.08. The Balaban J connectivity index is 1.53. The van der Waals surface area contributed by atoms with Crippen molar-refractivity contribution in [2.75, 3.05) is 26.4 Å². The van der Waals surface area contributed by atoms with Gasteiger partial charge in [-0.3, -0.25) is 0 Å². The van der Waals surface area contributed by atoms with Gasteiger partial charge in [0.25, 0.3) is 0 Å². The van der Waals surface area contributed by atoms with E-state index in [2.05, 4.69) is 31.9 Å². The predicted octanol–water partition coefficient (Wildman–Crippen LogP) is 1.51. The van der Waals surface area contributed by atoms with Crippen molar-refractivity contribution in [1.29, 1.82) is 0 Å². The van der Waals surface area contributed by atoms with E-state index in [0.717, 1.165) is 26.4 Å². The summed E-state index contributed by atoms with van der Waals surface area (Å²) in [5, 5.41) is 0. The van der Waals surface area contributed by atoms with Crippen molar-refractivity contribution in [2.45, 2.75) is 20.2 Å². The third kappa shape index (κ3) is 0.636. The van der Waals surface area contributed by atoms with Crippen LogP contribution in [0.25, 0.3) is 0 Å². The molecule has 2 saturated heterocycles. The van der Waals surface area contributed by atoms with Crippen molar-refractivity contribution in [1.82, 2.24) is 0 Å². The third-order valence-corrected chi connectivity index (χ3v) is 10.9. The molecule has 4 nitrogen and oxygen atoms in total. The van der Waals surface area contributed by atoms with Gasteiger partial charge in [-0.25, -0.2) is 0 Å². The first-order valence-corrected chi connectivity index (χ1v) is 9.17. The van der Waals surface area contributed by atoms with Crippen molar-refractivity contribution in [3.63, 3.8) is 0 Å². The Morgan fingerprint density at radius 2 is 0.850 bits per heavy atom. The molecule has 0 aromatic carbocycles. The van der Waals surface area contributed by atoms with Crippen molar-refractivity contribution in [3.8, 4) is 0 Å². The van der Waals surface area contributed by atoms with E-state index in [1.54, 1.807) is 0 Å². The maximum absolute atomic E-state index is 6.23. The lowest BCUT2D eigenvalue weighted by atomic mass is 9.40. The van der Waals surface area contributed by atoms with Crippen molar-refractivity contribution < 1.29 is 18.9 Å². The normalized spacial score (nSPS) is 71.1. The molecule has 6 saturated carbocycles. The predicted molar refractivity (Wildman–Crippen MR) is 73.5 cm³/mol. The third-order valence-electron chi connectivity index (χ3n) is 7.64. The zero-order chi connectivity index (χ0) is 13.1. The Hall–Kier alpha value is 0.800. The number of halogens is 2. The largest absolute Gasteiger partial charge is 0.346 e. The van der Waals surface area contributed by atoms with Crippen LogP contribution in [0.4, 0.5) is 0 Å². The summed E-state index contributed by atoms with van der Waals surface area (Å²) in [6.07, 6.45) is 0. The molecule has 6 heteroatoms. The van der Waals surface area contributed by atoms with Crippen LogP contribution in [-0.4, -0.2) is 46.7 Å². The molecule has 0 unspecified atom stereocenters. The van der Waals surface area contributed by atoms with E-state index < -0.39 is 11.6 Å². The summed E-state index contributed by atoms with van der Waals surface area (Å²) in [5.74, 6) is 2.47. The first-order valence-electron chi connectivity index (χ1n) is 7.58. The van der Waals surface area contributed by atoms with Crippen LogP contribution in [-0.2, 0) is 18.9 Å². The van der Waals surface area contributed by atoms with E-state index in [1.807, 2.05) is 0 Å². The summed E-state index contributed by atoms with van der Waals surface area (Å²) in [6, 6.07) is 0. The van der Waals surface area contributed by atoms with Gasteiger partial charge in [-0.05, 0) is 23.7 Å². The highest BCUT2D eigenvalue weighted by Crippen LogP contribution is 2.99. The van der Waals surface area contributed by atoms with E-state index in [0.29, 0.717) is 35.5 Å². The summed E-state index contributed by atoms with van der Waals surface area (Å²) in [5.41, 5.74) is 0. The van der Waals surface area contributed by atoms with Gasteiger partial charge >= 0.3 is 0 Å². The fourth-order valence-corrected chi connectivity index (χ4v) is 11.0. The highest BCUT2D eigenvalue weighted by molar-refractivity contribution is 9.10. The molecule has 0 aromatic heterocycles. The number of alkyl halides is 2. The Bertz CT molecular complexity index is 522. The zero-order valence-corrected chi connectivity index (χ0v) is 13.9. The van der Waals surface area contributed by atoms with Gasteiger partial charge in [0.15, 0.2) is 11.6 Å². The monoisotopic (exact) mass is 404 g/mol. The fraction of sp³-hybridized carbons (Fsp3) is 1.00. The maximum Gasteiger partial charge on any atom is 0.188 e. The van der Waals surface area contributed by atoms with Crippen molar-refractivity contribution in [2.24, 2.45) is 35.5 Å². The van der Waals surface area contributed by atoms with Gasteiger partial charge < -0.3 is 18.9 Å². The minimum atomic E-state index is -0.414. The van der Waals surface area contributed by atoms with Gasteiger partial charge in [0.2, 0.25) is 0 Å². The minimum Gasteiger partial charge on any atom is -0.346 e. The molecular formula is C14H14Br2O4. The summed E-state index contributed by atoms with van der Waals surface area (Å²) in [6.45, 7) is 2.88. The molecule has 0 radical (unpaired) electrons. The van der Waals surface area contributed by atoms with Gasteiger partial charge in [-0.1, -0.05) is 31.9 Å². The molecule has 2 aliphatic heterocycles. The van der Waals surface area contributed by atoms with Gasteiger partial charge in [0.05, 0.1) is 35.1 Å². The SMILES string of the molecule is Br[C@]12[C@@H]3[C@@H]4[C@H]1[C@H]1[C@H]([C@@H]3[C@]4(Br)C13OCCO3)C21OCCO1. The van der Waals surface area contributed by atoms with Crippen LogP contribution < -0.4 is 0 Å². The van der Waals surface area contributed by atoms with Gasteiger partial charge in [-0.15, -0.1) is 0 Å². The van der Waals surface area contributed by atoms with Crippen LogP contribution >= 0.6 is 31.9 Å². The van der Waals surface area contributed by atoms with Crippen LogP contribution in [0.5, 0.6) is 0 Å². The minimum absolute atomic E-state index is 0.0112. The topological polar surface area (TPSA) is 36.9 Å². The molecule has 2 heterocycles. The van der Waals surface area contributed by atoms with Gasteiger partial charge in [0, 0.05) is 11.8 Å². The molecule has 0 aromatic rings. The maximum atomic E-state index is 6.23. The Morgan fingerprint density at radius 1 is 0.550 bits per heavy atom. The number of rotatable bonds is 0. The lowest BCUT2D eigenvalue weighted by Gasteiger charge is -2.70. The summed E-state index contributed by atoms with van der Waals surface area (Å²) in [7, 11) is 0. The average molecular weight is 406 g/mol. The van der Waals surface area contributed by atoms with E-state index >= 15 is 0 Å². The average Bonchev–Trinajstić information content (AvgIpc) is 3.19. The second-order valence-corrected chi connectivity index (χ2v) is 10.0. The molecule has 6 aliphatic carbocycles. The number of hydrogen-bond donors (Lipinski definition) is 0. The Kier molecular flexibility index (Phi) is 1.54. The molecular weight excluding hydrogens is 392 g/mol. The zero-order valence-electron chi connectivity index (χ0n) is 10.7. The van der Waals surface area contributed by atoms with Gasteiger partial charge in [-0.2, -0.15) is 0 Å². The summed E-state index contributed by atoms with van der Waals surface area (Å²) in [4.78, 5) is 0. The lowest BCUT2D eigenvalue weighted by Crippen LogP contribution is -2.76. The van der Waals surface area contributed by atoms with Crippen molar-refractivity contribution >= 4 is 31.9 Å². The molecule has 8 rings (SSSR count).